The van der Waals surface area contributed by atoms with E-state index in [1.54, 1.807) is 6.26 Å². The minimum Gasteiger partial charge on any atom is -0.388 e. The van der Waals surface area contributed by atoms with E-state index < -0.39 is 0 Å². The zero-order chi connectivity index (χ0) is 8.23. The van der Waals surface area contributed by atoms with Crippen LogP contribution in [0, 0.1) is 0 Å². The Labute approximate surface area is 70.6 Å². The van der Waals surface area contributed by atoms with E-state index in [1.165, 1.54) is 0 Å². The Balaban J connectivity index is 1.91. The summed E-state index contributed by atoms with van der Waals surface area (Å²) < 4.78 is 4.65. The molecule has 1 aliphatic heterocycles. The largest absolute Gasteiger partial charge is 0.388 e. The first-order chi connectivity index (χ1) is 5.95. The molecule has 0 saturated heterocycles. The van der Waals surface area contributed by atoms with E-state index in [4.69, 9.17) is 0 Å². The molecule has 1 atom stereocenters. The van der Waals surface area contributed by atoms with Crippen LogP contribution in [0.4, 0.5) is 0 Å². The molecule has 0 bridgehead atoms. The summed E-state index contributed by atoms with van der Waals surface area (Å²) in [6.45, 7) is 0. The topological polar surface area (TPSA) is 51.0 Å². The lowest BCUT2D eigenvalue weighted by Crippen LogP contribution is -2.28. The van der Waals surface area contributed by atoms with Crippen LogP contribution < -0.4 is 5.32 Å². The van der Waals surface area contributed by atoms with Gasteiger partial charge in [-0.2, -0.15) is 0 Å². The molecule has 0 saturated carbocycles. The summed E-state index contributed by atoms with van der Waals surface area (Å²) in [5.41, 5.74) is 0.919. The maximum atomic E-state index is 4.65. The maximum Gasteiger partial charge on any atom is 0.147 e. The van der Waals surface area contributed by atoms with Crippen molar-refractivity contribution in [2.45, 2.75) is 25.3 Å². The van der Waals surface area contributed by atoms with E-state index in [0.717, 1.165) is 25.0 Å². The lowest BCUT2D eigenvalue weighted by molar-refractivity contribution is 0.392. The van der Waals surface area contributed by atoms with Crippen LogP contribution in [0.15, 0.2) is 23.1 Å². The molecule has 0 spiro atoms. The van der Waals surface area contributed by atoms with Gasteiger partial charge in [-0.15, -0.1) is 5.10 Å². The van der Waals surface area contributed by atoms with Crippen molar-refractivity contribution in [1.82, 2.24) is 15.7 Å². The van der Waals surface area contributed by atoms with Crippen LogP contribution in [0.2, 0.25) is 0 Å². The minimum absolute atomic E-state index is 0.488. The van der Waals surface area contributed by atoms with Crippen molar-refractivity contribution in [1.29, 1.82) is 0 Å². The molecule has 0 radical (unpaired) electrons. The summed E-state index contributed by atoms with van der Waals surface area (Å²) in [5, 5.41) is 10.5. The molecule has 0 fully saturated rings. The SMILES string of the molecule is C1=CNC(Cc2conn2)CC1. The highest BCUT2D eigenvalue weighted by molar-refractivity contribution is 4.98. The molecule has 2 rings (SSSR count). The van der Waals surface area contributed by atoms with Crippen LogP contribution in [0.1, 0.15) is 18.5 Å². The summed E-state index contributed by atoms with van der Waals surface area (Å²) in [5.74, 6) is 0. The molecule has 0 aliphatic carbocycles. The Kier molecular flexibility index (Phi) is 2.07. The molecule has 0 aromatic carbocycles. The minimum atomic E-state index is 0.488. The zero-order valence-corrected chi connectivity index (χ0v) is 6.73. The summed E-state index contributed by atoms with van der Waals surface area (Å²) >= 11 is 0. The maximum absolute atomic E-state index is 4.65. The number of aromatic nitrogens is 2. The van der Waals surface area contributed by atoms with Crippen LogP contribution in [-0.4, -0.2) is 16.4 Å². The van der Waals surface area contributed by atoms with Gasteiger partial charge in [-0.3, -0.25) is 0 Å². The molecular formula is C8H11N3O. The highest BCUT2D eigenvalue weighted by Gasteiger charge is 2.11. The Morgan fingerprint density at radius 2 is 2.67 bits per heavy atom. The Bertz CT molecular complexity index is 255. The number of nitrogens with one attached hydrogen (secondary N) is 1. The summed E-state index contributed by atoms with van der Waals surface area (Å²) in [6, 6.07) is 0.488. The van der Waals surface area contributed by atoms with Gasteiger partial charge in [-0.25, -0.2) is 0 Å². The van der Waals surface area contributed by atoms with Gasteiger partial charge in [0.25, 0.3) is 0 Å². The Morgan fingerprint density at radius 1 is 1.67 bits per heavy atom. The quantitative estimate of drug-likeness (QED) is 0.706. The van der Waals surface area contributed by atoms with Crippen molar-refractivity contribution < 1.29 is 4.52 Å². The fourth-order valence-corrected chi connectivity index (χ4v) is 1.35. The summed E-state index contributed by atoms with van der Waals surface area (Å²) in [6.07, 6.45) is 8.93. The van der Waals surface area contributed by atoms with Gasteiger partial charge in [0.1, 0.15) is 12.0 Å². The zero-order valence-electron chi connectivity index (χ0n) is 6.73. The number of rotatable bonds is 2. The molecule has 1 unspecified atom stereocenters. The van der Waals surface area contributed by atoms with Crippen molar-refractivity contribution in [3.05, 3.63) is 24.2 Å². The highest BCUT2D eigenvalue weighted by atomic mass is 16.5. The van der Waals surface area contributed by atoms with Gasteiger partial charge < -0.3 is 9.84 Å². The molecule has 64 valence electrons. The van der Waals surface area contributed by atoms with E-state index in [9.17, 15) is 0 Å². The van der Waals surface area contributed by atoms with Gasteiger partial charge in [0.05, 0.1) is 0 Å². The average molecular weight is 165 g/mol. The number of hydrogen-bond donors (Lipinski definition) is 1. The van der Waals surface area contributed by atoms with Gasteiger partial charge in [0, 0.05) is 17.7 Å². The van der Waals surface area contributed by atoms with Crippen LogP contribution in [0.5, 0.6) is 0 Å². The lowest BCUT2D eigenvalue weighted by atomic mass is 10.0. The fourth-order valence-electron chi connectivity index (χ4n) is 1.35. The van der Waals surface area contributed by atoms with Crippen LogP contribution in [-0.2, 0) is 6.42 Å². The van der Waals surface area contributed by atoms with E-state index >= 15 is 0 Å². The van der Waals surface area contributed by atoms with E-state index in [2.05, 4.69) is 26.3 Å². The average Bonchev–Trinajstić information content (AvgIpc) is 2.59. The first-order valence-corrected chi connectivity index (χ1v) is 4.12. The van der Waals surface area contributed by atoms with E-state index in [-0.39, 0.29) is 0 Å². The second-order valence-corrected chi connectivity index (χ2v) is 2.94. The van der Waals surface area contributed by atoms with Crippen LogP contribution in [0.3, 0.4) is 0 Å². The third-order valence-corrected chi connectivity index (χ3v) is 1.99. The van der Waals surface area contributed by atoms with Crippen molar-refractivity contribution in [3.63, 3.8) is 0 Å². The van der Waals surface area contributed by atoms with Crippen molar-refractivity contribution in [3.8, 4) is 0 Å². The highest BCUT2D eigenvalue weighted by Crippen LogP contribution is 2.08. The molecule has 1 aromatic heterocycles. The van der Waals surface area contributed by atoms with Crippen molar-refractivity contribution in [2.75, 3.05) is 0 Å². The van der Waals surface area contributed by atoms with E-state index in [1.807, 2.05) is 6.20 Å². The fraction of sp³-hybridized carbons (Fsp3) is 0.500. The van der Waals surface area contributed by atoms with Gasteiger partial charge in [0.15, 0.2) is 0 Å². The molecule has 4 heteroatoms. The summed E-state index contributed by atoms with van der Waals surface area (Å²) in [4.78, 5) is 0. The first-order valence-electron chi connectivity index (χ1n) is 4.12. The molecule has 2 heterocycles. The standard InChI is InChI=1S/C8H11N3O/c1-2-4-9-7(3-1)5-8-6-12-11-10-8/h2,4,6-7,9H,1,3,5H2. The second-order valence-electron chi connectivity index (χ2n) is 2.94. The van der Waals surface area contributed by atoms with E-state index in [0.29, 0.717) is 6.04 Å². The molecule has 4 nitrogen and oxygen atoms in total. The Hall–Kier alpha value is -1.32. The number of allylic oxidation sites excluding steroid dienone is 1. The normalized spacial score (nSPS) is 22.2. The number of nitrogens with zero attached hydrogens (tertiary/aromatic N) is 2. The third-order valence-electron chi connectivity index (χ3n) is 1.99. The number of hydrogen-bond acceptors (Lipinski definition) is 4. The lowest BCUT2D eigenvalue weighted by Gasteiger charge is -2.18. The predicted molar refractivity (Wildman–Crippen MR) is 43.3 cm³/mol. The second kappa shape index (κ2) is 3.38. The van der Waals surface area contributed by atoms with Gasteiger partial charge in [-0.1, -0.05) is 6.08 Å². The predicted octanol–water partition coefficient (Wildman–Crippen LogP) is 0.878. The molecular weight excluding hydrogens is 154 g/mol. The van der Waals surface area contributed by atoms with Gasteiger partial charge >= 0.3 is 0 Å². The third kappa shape index (κ3) is 1.64. The summed E-state index contributed by atoms with van der Waals surface area (Å²) in [7, 11) is 0. The first kappa shape index (κ1) is 7.34. The van der Waals surface area contributed by atoms with Crippen LogP contribution in [0.25, 0.3) is 0 Å². The molecule has 1 N–H and O–H groups in total. The molecule has 1 aromatic rings. The molecule has 1 aliphatic rings. The van der Waals surface area contributed by atoms with Crippen molar-refractivity contribution in [2.24, 2.45) is 0 Å². The molecule has 0 amide bonds. The van der Waals surface area contributed by atoms with Crippen molar-refractivity contribution >= 4 is 0 Å². The van der Waals surface area contributed by atoms with Gasteiger partial charge in [-0.05, 0) is 19.0 Å². The van der Waals surface area contributed by atoms with Gasteiger partial charge in [0.2, 0.25) is 0 Å². The van der Waals surface area contributed by atoms with Crippen LogP contribution >= 0.6 is 0 Å². The monoisotopic (exact) mass is 165 g/mol. The smallest absolute Gasteiger partial charge is 0.147 e. The Morgan fingerprint density at radius 3 is 3.33 bits per heavy atom. The molecule has 12 heavy (non-hydrogen) atoms.